The first-order valence-corrected chi connectivity index (χ1v) is 6.84. The van der Waals surface area contributed by atoms with Gasteiger partial charge in [-0.3, -0.25) is 4.90 Å². The molecule has 5 nitrogen and oxygen atoms in total. The number of ether oxygens (including phenoxy) is 1. The van der Waals surface area contributed by atoms with Crippen molar-refractivity contribution < 1.29 is 19.7 Å². The summed E-state index contributed by atoms with van der Waals surface area (Å²) in [5.41, 5.74) is -0.523. The van der Waals surface area contributed by atoms with Crippen LogP contribution in [0.5, 0.6) is 0 Å². The van der Waals surface area contributed by atoms with E-state index >= 15 is 0 Å². The van der Waals surface area contributed by atoms with E-state index in [0.29, 0.717) is 0 Å². The van der Waals surface area contributed by atoms with E-state index in [2.05, 4.69) is 4.90 Å². The first kappa shape index (κ1) is 14.5. The molecular weight excluding hydrogens is 246 g/mol. The number of carbonyl (C=O) groups excluding carboxylic acids is 1. The number of rotatable bonds is 4. The summed E-state index contributed by atoms with van der Waals surface area (Å²) in [5.74, 6) is -0.805. The fourth-order valence-corrected chi connectivity index (χ4v) is 2.56. The van der Waals surface area contributed by atoms with Crippen molar-refractivity contribution in [3.8, 4) is 0 Å². The average Bonchev–Trinajstić information content (AvgIpc) is 2.90. The Labute approximate surface area is 113 Å². The van der Waals surface area contributed by atoms with E-state index in [-0.39, 0.29) is 24.7 Å². The van der Waals surface area contributed by atoms with Gasteiger partial charge in [-0.05, 0) is 24.8 Å². The van der Waals surface area contributed by atoms with E-state index in [4.69, 9.17) is 4.74 Å². The molecule has 2 aliphatic rings. The Morgan fingerprint density at radius 1 is 1.63 bits per heavy atom. The second-order valence-corrected chi connectivity index (χ2v) is 5.95. The van der Waals surface area contributed by atoms with Crippen LogP contribution in [0.1, 0.15) is 27.2 Å². The molecule has 2 heterocycles. The summed E-state index contributed by atoms with van der Waals surface area (Å²) >= 11 is 0. The van der Waals surface area contributed by atoms with Gasteiger partial charge in [-0.25, -0.2) is 4.79 Å². The normalized spacial score (nSPS) is 30.1. The third kappa shape index (κ3) is 2.68. The van der Waals surface area contributed by atoms with Gasteiger partial charge < -0.3 is 14.9 Å². The molecule has 2 N–H and O–H groups in total. The standard InChI is InChI=1S/C14H23NO4/c1-9(2)14(3,18)13(17)19-8-10-4-6-15-7-5-11(16)12(10)15/h4,9,11-12,16,18H,5-8H2,1-3H3/t11-,12+,14-/m0/s1. The number of hydrogen-bond donors (Lipinski definition) is 2. The van der Waals surface area contributed by atoms with Crippen LogP contribution in [0.3, 0.4) is 0 Å². The summed E-state index contributed by atoms with van der Waals surface area (Å²) < 4.78 is 5.21. The van der Waals surface area contributed by atoms with E-state index in [1.807, 2.05) is 6.08 Å². The molecule has 0 bridgehead atoms. The summed E-state index contributed by atoms with van der Waals surface area (Å²) in [6.07, 6.45) is 2.39. The Morgan fingerprint density at radius 2 is 2.32 bits per heavy atom. The molecule has 5 heteroatoms. The summed E-state index contributed by atoms with van der Waals surface area (Å²) in [6.45, 7) is 6.86. The van der Waals surface area contributed by atoms with Crippen LogP contribution < -0.4 is 0 Å². The fraction of sp³-hybridized carbons (Fsp3) is 0.786. The van der Waals surface area contributed by atoms with Crippen LogP contribution in [-0.4, -0.2) is 58.5 Å². The smallest absolute Gasteiger partial charge is 0.338 e. The molecule has 0 aromatic heterocycles. The lowest BCUT2D eigenvalue weighted by molar-refractivity contribution is -0.167. The molecule has 0 aromatic carbocycles. The fourth-order valence-electron chi connectivity index (χ4n) is 2.56. The summed E-state index contributed by atoms with van der Waals surface area (Å²) in [6, 6.07) is -0.0169. The molecule has 0 radical (unpaired) electrons. The summed E-state index contributed by atoms with van der Waals surface area (Å²) in [7, 11) is 0. The van der Waals surface area contributed by atoms with E-state index in [1.165, 1.54) is 6.92 Å². The van der Waals surface area contributed by atoms with Crippen LogP contribution in [0.4, 0.5) is 0 Å². The first-order valence-electron chi connectivity index (χ1n) is 6.84. The Balaban J connectivity index is 1.91. The van der Waals surface area contributed by atoms with Crippen LogP contribution in [0.2, 0.25) is 0 Å². The first-order chi connectivity index (χ1) is 8.84. The highest BCUT2D eigenvalue weighted by atomic mass is 16.5. The topological polar surface area (TPSA) is 70.0 Å². The lowest BCUT2D eigenvalue weighted by Crippen LogP contribution is -2.42. The van der Waals surface area contributed by atoms with E-state index in [0.717, 1.165) is 25.1 Å². The van der Waals surface area contributed by atoms with Gasteiger partial charge in [0.25, 0.3) is 0 Å². The second-order valence-electron chi connectivity index (χ2n) is 5.95. The Kier molecular flexibility index (Phi) is 3.99. The number of nitrogens with zero attached hydrogens (tertiary/aromatic N) is 1. The zero-order valence-electron chi connectivity index (χ0n) is 11.8. The molecule has 2 aliphatic heterocycles. The Hall–Kier alpha value is -0.910. The van der Waals surface area contributed by atoms with Crippen LogP contribution >= 0.6 is 0 Å². The molecule has 2 rings (SSSR count). The maximum absolute atomic E-state index is 11.9. The Bertz CT molecular complexity index is 389. The van der Waals surface area contributed by atoms with Crippen molar-refractivity contribution in [2.24, 2.45) is 5.92 Å². The maximum atomic E-state index is 11.9. The predicted octanol–water partition coefficient (Wildman–Crippen LogP) is 0.312. The van der Waals surface area contributed by atoms with Crippen molar-refractivity contribution in [1.29, 1.82) is 0 Å². The number of hydrogen-bond acceptors (Lipinski definition) is 5. The van der Waals surface area contributed by atoms with Gasteiger partial charge >= 0.3 is 5.97 Å². The molecular formula is C14H23NO4. The van der Waals surface area contributed by atoms with Gasteiger partial charge in [0.1, 0.15) is 6.61 Å². The van der Waals surface area contributed by atoms with Crippen molar-refractivity contribution in [1.82, 2.24) is 4.90 Å². The SMILES string of the molecule is CC(C)[C@](C)(O)C(=O)OCC1=CCN2CC[C@H](O)[C@@H]12. The van der Waals surface area contributed by atoms with Gasteiger partial charge in [0.2, 0.25) is 0 Å². The van der Waals surface area contributed by atoms with Crippen molar-refractivity contribution in [2.45, 2.75) is 44.9 Å². The van der Waals surface area contributed by atoms with Gasteiger partial charge in [-0.1, -0.05) is 19.9 Å². The lowest BCUT2D eigenvalue weighted by Gasteiger charge is -2.26. The minimum Gasteiger partial charge on any atom is -0.459 e. The zero-order chi connectivity index (χ0) is 14.2. The predicted molar refractivity (Wildman–Crippen MR) is 70.5 cm³/mol. The highest BCUT2D eigenvalue weighted by Crippen LogP contribution is 2.29. The van der Waals surface area contributed by atoms with Crippen LogP contribution in [0.15, 0.2) is 11.6 Å². The van der Waals surface area contributed by atoms with Crippen LogP contribution in [0.25, 0.3) is 0 Å². The van der Waals surface area contributed by atoms with Crippen molar-refractivity contribution in [3.63, 3.8) is 0 Å². The van der Waals surface area contributed by atoms with Crippen LogP contribution in [0, 0.1) is 5.92 Å². The second kappa shape index (κ2) is 5.23. The van der Waals surface area contributed by atoms with Crippen molar-refractivity contribution >= 4 is 5.97 Å². The largest absolute Gasteiger partial charge is 0.459 e. The van der Waals surface area contributed by atoms with Gasteiger partial charge in [0, 0.05) is 13.1 Å². The van der Waals surface area contributed by atoms with Gasteiger partial charge in [-0.15, -0.1) is 0 Å². The van der Waals surface area contributed by atoms with E-state index in [9.17, 15) is 15.0 Å². The molecule has 0 saturated carbocycles. The molecule has 0 aliphatic carbocycles. The van der Waals surface area contributed by atoms with Gasteiger partial charge in [0.15, 0.2) is 5.60 Å². The maximum Gasteiger partial charge on any atom is 0.338 e. The van der Waals surface area contributed by atoms with Gasteiger partial charge in [0.05, 0.1) is 12.1 Å². The average molecular weight is 269 g/mol. The third-order valence-corrected chi connectivity index (χ3v) is 4.35. The summed E-state index contributed by atoms with van der Waals surface area (Å²) in [5, 5.41) is 19.9. The molecule has 0 amide bonds. The molecule has 0 unspecified atom stereocenters. The minimum atomic E-state index is -1.47. The number of aliphatic hydroxyl groups is 2. The highest BCUT2D eigenvalue weighted by molar-refractivity contribution is 5.79. The molecule has 1 saturated heterocycles. The molecule has 0 spiro atoms. The third-order valence-electron chi connectivity index (χ3n) is 4.35. The van der Waals surface area contributed by atoms with Gasteiger partial charge in [-0.2, -0.15) is 0 Å². The number of esters is 1. The zero-order valence-corrected chi connectivity index (χ0v) is 11.8. The highest BCUT2D eigenvalue weighted by Gasteiger charge is 2.40. The molecule has 1 fully saturated rings. The number of fused-ring (bicyclic) bond motifs is 1. The monoisotopic (exact) mass is 269 g/mol. The minimum absolute atomic E-state index is 0.0169. The Morgan fingerprint density at radius 3 is 2.95 bits per heavy atom. The van der Waals surface area contributed by atoms with Crippen LogP contribution in [-0.2, 0) is 9.53 Å². The molecule has 0 aromatic rings. The molecule has 19 heavy (non-hydrogen) atoms. The molecule has 3 atom stereocenters. The quantitative estimate of drug-likeness (QED) is 0.568. The van der Waals surface area contributed by atoms with Crippen molar-refractivity contribution in [2.75, 3.05) is 19.7 Å². The number of carbonyl (C=O) groups is 1. The van der Waals surface area contributed by atoms with Crippen molar-refractivity contribution in [3.05, 3.63) is 11.6 Å². The van der Waals surface area contributed by atoms with E-state index < -0.39 is 11.6 Å². The number of aliphatic hydroxyl groups excluding tert-OH is 1. The molecule has 108 valence electrons. The lowest BCUT2D eigenvalue weighted by atomic mass is 9.93. The summed E-state index contributed by atoms with van der Waals surface area (Å²) in [4.78, 5) is 14.0. The van der Waals surface area contributed by atoms with E-state index in [1.54, 1.807) is 13.8 Å².